The van der Waals surface area contributed by atoms with E-state index in [1.54, 1.807) is 0 Å². The van der Waals surface area contributed by atoms with Gasteiger partial charge >= 0.3 is 37.7 Å². The van der Waals surface area contributed by atoms with Gasteiger partial charge in [0.25, 0.3) is 0 Å². The van der Waals surface area contributed by atoms with Crippen LogP contribution in [-0.4, -0.2) is 44.3 Å². The normalized spacial score (nSPS) is 10.6. The molecule has 0 aliphatic rings. The van der Waals surface area contributed by atoms with Gasteiger partial charge in [-0.15, -0.1) is 0 Å². The molecule has 0 radical (unpaired) electrons. The van der Waals surface area contributed by atoms with E-state index in [0.717, 1.165) is 18.7 Å². The van der Waals surface area contributed by atoms with Crippen LogP contribution in [0.5, 0.6) is 0 Å². The van der Waals surface area contributed by atoms with Crippen LogP contribution >= 0.6 is 0 Å². The van der Waals surface area contributed by atoms with Crippen molar-refractivity contribution in [2.24, 2.45) is 0 Å². The van der Waals surface area contributed by atoms with E-state index in [1.807, 2.05) is 30.3 Å². The molecule has 0 aliphatic heterocycles. The first-order chi connectivity index (χ1) is 12.9. The summed E-state index contributed by atoms with van der Waals surface area (Å²) in [6, 6.07) is 10.1. The molecular weight excluding hydrogens is 358 g/mol. The fourth-order valence-electron chi connectivity index (χ4n) is 3.36. The first kappa shape index (κ1) is 27.2. The van der Waals surface area contributed by atoms with Gasteiger partial charge in [0.2, 0.25) is 0 Å². The van der Waals surface area contributed by atoms with Gasteiger partial charge in [-0.2, -0.15) is 0 Å². The van der Waals surface area contributed by atoms with Gasteiger partial charge in [0.15, 0.2) is 0 Å². The summed E-state index contributed by atoms with van der Waals surface area (Å²) >= 11 is 0. The summed E-state index contributed by atoms with van der Waals surface area (Å²) in [4.78, 5) is 5.49. The van der Waals surface area contributed by atoms with E-state index in [0.29, 0.717) is 0 Å². The molecule has 0 unspecified atom stereocenters. The zero-order valence-electron chi connectivity index (χ0n) is 20.0. The van der Waals surface area contributed by atoms with Gasteiger partial charge in [-0.1, -0.05) is 121 Å². The van der Waals surface area contributed by atoms with Crippen LogP contribution in [0.4, 0.5) is 5.69 Å². The van der Waals surface area contributed by atoms with Crippen LogP contribution in [0.25, 0.3) is 0 Å². The van der Waals surface area contributed by atoms with Crippen molar-refractivity contribution in [3.63, 3.8) is 0 Å². The van der Waals surface area contributed by atoms with Crippen molar-refractivity contribution in [3.05, 3.63) is 30.3 Å². The third kappa shape index (κ3) is 19.3. The molecule has 154 valence electrons. The van der Waals surface area contributed by atoms with Crippen LogP contribution in [0.2, 0.25) is 0 Å². The van der Waals surface area contributed by atoms with Crippen LogP contribution in [0.1, 0.15) is 113 Å². The third-order valence-corrected chi connectivity index (χ3v) is 5.06. The molecule has 2 nitrogen and oxygen atoms in total. The first-order valence-corrected chi connectivity index (χ1v) is 11.4. The number of unbranched alkanes of at least 4 members (excludes halogenated alkanes) is 15. The number of hydrogen-bond acceptors (Lipinski definition) is 2. The van der Waals surface area contributed by atoms with Crippen molar-refractivity contribution < 1.29 is 7.69 Å². The summed E-state index contributed by atoms with van der Waals surface area (Å²) in [5.41, 5.74) is 4.03. The Morgan fingerprint density at radius 2 is 1.04 bits per heavy atom. The van der Waals surface area contributed by atoms with E-state index in [4.69, 9.17) is 4.84 Å². The number of nitrogens with one attached hydrogen (secondary N) is 1. The van der Waals surface area contributed by atoms with Crippen LogP contribution in [0.15, 0.2) is 30.3 Å². The Morgan fingerprint density at radius 1 is 0.630 bits per heavy atom. The predicted molar refractivity (Wildman–Crippen MR) is 124 cm³/mol. The molecule has 0 aromatic heterocycles. The SMILES string of the molecule is CCCCCCCCCCCCCCCCCCONc1ccccc1.[Ca+2].[H-].[H-]. The zero-order chi connectivity index (χ0) is 18.5. The largest absolute Gasteiger partial charge is 2.00 e. The summed E-state index contributed by atoms with van der Waals surface area (Å²) in [6.07, 6.45) is 22.5. The second-order valence-electron chi connectivity index (χ2n) is 7.62. The number of para-hydroxylation sites is 1. The fourth-order valence-corrected chi connectivity index (χ4v) is 3.36. The molecule has 0 saturated heterocycles. The summed E-state index contributed by atoms with van der Waals surface area (Å²) < 4.78 is 0. The smallest absolute Gasteiger partial charge is 1.00 e. The van der Waals surface area contributed by atoms with Gasteiger partial charge in [0.1, 0.15) is 0 Å². The fraction of sp³-hybridized carbons (Fsp3) is 0.750. The Morgan fingerprint density at radius 3 is 1.48 bits per heavy atom. The molecule has 0 aliphatic carbocycles. The monoisotopic (exact) mass is 403 g/mol. The Hall–Kier alpha value is 0.240. The summed E-state index contributed by atoms with van der Waals surface area (Å²) in [7, 11) is 0. The summed E-state index contributed by atoms with van der Waals surface area (Å²) in [6.45, 7) is 3.09. The molecule has 0 bridgehead atoms. The number of rotatable bonds is 19. The molecule has 27 heavy (non-hydrogen) atoms. The summed E-state index contributed by atoms with van der Waals surface area (Å²) in [5, 5.41) is 0. The van der Waals surface area contributed by atoms with Crippen LogP contribution in [0, 0.1) is 0 Å². The minimum atomic E-state index is 0. The quantitative estimate of drug-likeness (QED) is 0.143. The molecule has 0 saturated carbocycles. The topological polar surface area (TPSA) is 21.3 Å². The first-order valence-electron chi connectivity index (χ1n) is 11.4. The van der Waals surface area contributed by atoms with Crippen LogP contribution in [0.3, 0.4) is 0 Å². The Kier molecular flexibility index (Phi) is 22.7. The molecule has 1 rings (SSSR count). The molecule has 0 fully saturated rings. The average Bonchev–Trinajstić information content (AvgIpc) is 2.68. The second-order valence-corrected chi connectivity index (χ2v) is 7.62. The Balaban J connectivity index is -0.00000225. The van der Waals surface area contributed by atoms with Gasteiger partial charge in [-0.25, -0.2) is 0 Å². The number of benzene rings is 1. The predicted octanol–water partition coefficient (Wildman–Crippen LogP) is 8.14. The minimum absolute atomic E-state index is 0. The Labute approximate surface area is 202 Å². The van der Waals surface area contributed by atoms with Crippen molar-refractivity contribution in [2.45, 2.75) is 110 Å². The van der Waals surface area contributed by atoms with Crippen molar-refractivity contribution in [3.8, 4) is 0 Å². The zero-order valence-corrected chi connectivity index (χ0v) is 20.2. The molecule has 3 heteroatoms. The standard InChI is InChI=1S/C24H43NO.Ca.2H/c1-2-3-4-5-6-7-8-9-10-11-12-13-14-15-16-20-23-26-25-24-21-18-17-19-22-24;;;/h17-19,21-22,25H,2-16,20,23H2,1H3;;;/q;+2;2*-1. The molecule has 0 heterocycles. The molecule has 0 spiro atoms. The van der Waals surface area contributed by atoms with Crippen molar-refractivity contribution in [1.29, 1.82) is 0 Å². The molecule has 1 N–H and O–H groups in total. The molecule has 1 aromatic rings. The average molecular weight is 404 g/mol. The number of hydrogen-bond donors (Lipinski definition) is 1. The summed E-state index contributed by atoms with van der Waals surface area (Å²) in [5.74, 6) is 0. The second kappa shape index (κ2) is 22.5. The van der Waals surface area contributed by atoms with Gasteiger partial charge < -0.3 is 2.85 Å². The van der Waals surface area contributed by atoms with Crippen molar-refractivity contribution in [1.82, 2.24) is 0 Å². The Bertz CT molecular complexity index is 396. The van der Waals surface area contributed by atoms with Gasteiger partial charge in [0.05, 0.1) is 12.3 Å². The molecule has 0 atom stereocenters. The van der Waals surface area contributed by atoms with E-state index in [2.05, 4.69) is 12.4 Å². The van der Waals surface area contributed by atoms with Crippen molar-refractivity contribution >= 4 is 43.4 Å². The maximum Gasteiger partial charge on any atom is 2.00 e. The molecule has 0 amide bonds. The van der Waals surface area contributed by atoms with Crippen LogP contribution in [-0.2, 0) is 4.84 Å². The van der Waals surface area contributed by atoms with E-state index >= 15 is 0 Å². The van der Waals surface area contributed by atoms with Gasteiger partial charge in [0, 0.05) is 0 Å². The third-order valence-electron chi connectivity index (χ3n) is 5.06. The maximum atomic E-state index is 5.49. The molecular formula is C24H45CaNO. The van der Waals surface area contributed by atoms with Gasteiger partial charge in [-0.05, 0) is 18.6 Å². The number of anilines is 1. The van der Waals surface area contributed by atoms with E-state index in [-0.39, 0.29) is 40.6 Å². The van der Waals surface area contributed by atoms with E-state index in [9.17, 15) is 0 Å². The minimum Gasteiger partial charge on any atom is -1.00 e. The van der Waals surface area contributed by atoms with E-state index < -0.39 is 0 Å². The van der Waals surface area contributed by atoms with Gasteiger partial charge in [-0.3, -0.25) is 10.3 Å². The van der Waals surface area contributed by atoms with E-state index in [1.165, 1.54) is 96.3 Å². The maximum absolute atomic E-state index is 5.49. The van der Waals surface area contributed by atoms with Crippen molar-refractivity contribution in [2.75, 3.05) is 12.1 Å². The van der Waals surface area contributed by atoms with Crippen LogP contribution < -0.4 is 5.48 Å². The molecule has 1 aromatic carbocycles.